The van der Waals surface area contributed by atoms with Crippen LogP contribution in [0.3, 0.4) is 0 Å². The molecule has 0 spiro atoms. The van der Waals surface area contributed by atoms with E-state index in [2.05, 4.69) is 5.10 Å². The summed E-state index contributed by atoms with van der Waals surface area (Å²) in [6, 6.07) is 14.4. The van der Waals surface area contributed by atoms with E-state index in [0.717, 1.165) is 10.5 Å². The molecule has 148 valence electrons. The highest BCUT2D eigenvalue weighted by Crippen LogP contribution is 2.31. The standard InChI is InChI=1S/C21H15Cl2F2N3O/c22-14-8-5-13(6-9-14)7-10-17-15-11-27(12-19(24)25)21(29)20(15)26-28(17)18-4-2-1-3-16(18)23/h1-10,19H,11-12H2/b10-7+. The van der Waals surface area contributed by atoms with Gasteiger partial charge in [0.05, 0.1) is 29.5 Å². The average Bonchev–Trinajstić information content (AvgIpc) is 3.18. The topological polar surface area (TPSA) is 38.1 Å². The Morgan fingerprint density at radius 2 is 1.79 bits per heavy atom. The molecule has 4 nitrogen and oxygen atoms in total. The summed E-state index contributed by atoms with van der Waals surface area (Å²) in [5.41, 5.74) is 2.88. The third-order valence-electron chi connectivity index (χ3n) is 4.60. The van der Waals surface area contributed by atoms with E-state index in [0.29, 0.717) is 27.0 Å². The van der Waals surface area contributed by atoms with Crippen molar-refractivity contribution in [2.24, 2.45) is 0 Å². The van der Waals surface area contributed by atoms with Crippen molar-refractivity contribution in [3.05, 3.63) is 81.1 Å². The van der Waals surface area contributed by atoms with Crippen LogP contribution in [-0.2, 0) is 6.54 Å². The molecule has 1 aliphatic heterocycles. The number of carbonyl (C=O) groups excluding carboxylic acids is 1. The van der Waals surface area contributed by atoms with Crippen molar-refractivity contribution in [2.45, 2.75) is 13.0 Å². The molecule has 0 fully saturated rings. The molecular weight excluding hydrogens is 419 g/mol. The van der Waals surface area contributed by atoms with Crippen molar-refractivity contribution in [3.63, 3.8) is 0 Å². The Kier molecular flexibility index (Phi) is 5.39. The Morgan fingerprint density at radius 3 is 2.48 bits per heavy atom. The minimum atomic E-state index is -2.60. The summed E-state index contributed by atoms with van der Waals surface area (Å²) in [5, 5.41) is 5.50. The first-order valence-corrected chi connectivity index (χ1v) is 9.57. The molecule has 1 amide bonds. The van der Waals surface area contributed by atoms with Gasteiger partial charge in [0.2, 0.25) is 0 Å². The van der Waals surface area contributed by atoms with E-state index in [9.17, 15) is 13.6 Å². The summed E-state index contributed by atoms with van der Waals surface area (Å²) < 4.78 is 27.2. The van der Waals surface area contributed by atoms with Crippen LogP contribution in [0, 0.1) is 0 Å². The number of aromatic nitrogens is 2. The lowest BCUT2D eigenvalue weighted by Crippen LogP contribution is -2.30. The van der Waals surface area contributed by atoms with Gasteiger partial charge >= 0.3 is 0 Å². The lowest BCUT2D eigenvalue weighted by molar-refractivity contribution is 0.0571. The predicted octanol–water partition coefficient (Wildman–Crippen LogP) is 5.57. The molecule has 0 N–H and O–H groups in total. The zero-order valence-electron chi connectivity index (χ0n) is 15.0. The van der Waals surface area contributed by atoms with Gasteiger partial charge in [0.25, 0.3) is 12.3 Å². The van der Waals surface area contributed by atoms with Crippen LogP contribution in [0.5, 0.6) is 0 Å². The second-order valence-corrected chi connectivity index (χ2v) is 7.38. The van der Waals surface area contributed by atoms with Crippen molar-refractivity contribution in [3.8, 4) is 5.69 Å². The van der Waals surface area contributed by atoms with Crippen LogP contribution in [0.1, 0.15) is 27.3 Å². The third-order valence-corrected chi connectivity index (χ3v) is 5.18. The molecule has 0 bridgehead atoms. The Labute approximate surface area is 176 Å². The Balaban J connectivity index is 1.79. The number of rotatable bonds is 5. The van der Waals surface area contributed by atoms with Gasteiger partial charge in [-0.3, -0.25) is 4.79 Å². The average molecular weight is 434 g/mol. The van der Waals surface area contributed by atoms with Crippen molar-refractivity contribution in [2.75, 3.05) is 6.54 Å². The van der Waals surface area contributed by atoms with Crippen molar-refractivity contribution in [1.29, 1.82) is 0 Å². The third kappa shape index (κ3) is 3.91. The van der Waals surface area contributed by atoms with Crippen molar-refractivity contribution in [1.82, 2.24) is 14.7 Å². The maximum absolute atomic E-state index is 12.8. The molecule has 2 aromatic carbocycles. The molecule has 1 aliphatic rings. The van der Waals surface area contributed by atoms with Gasteiger partial charge < -0.3 is 4.90 Å². The second kappa shape index (κ2) is 7.97. The minimum Gasteiger partial charge on any atom is -0.327 e. The first-order chi connectivity index (χ1) is 13.9. The molecule has 4 rings (SSSR count). The highest BCUT2D eigenvalue weighted by molar-refractivity contribution is 6.32. The van der Waals surface area contributed by atoms with Gasteiger partial charge in [-0.2, -0.15) is 5.10 Å². The number of para-hydroxylation sites is 1. The summed E-state index contributed by atoms with van der Waals surface area (Å²) in [7, 11) is 0. The normalized spacial score (nSPS) is 13.7. The maximum atomic E-state index is 12.8. The quantitative estimate of drug-likeness (QED) is 0.527. The molecule has 29 heavy (non-hydrogen) atoms. The number of carbonyl (C=O) groups is 1. The first-order valence-electron chi connectivity index (χ1n) is 8.82. The number of hydrogen-bond acceptors (Lipinski definition) is 2. The first kappa shape index (κ1) is 19.6. The van der Waals surface area contributed by atoms with E-state index < -0.39 is 18.9 Å². The summed E-state index contributed by atoms with van der Waals surface area (Å²) in [4.78, 5) is 13.7. The number of fused-ring (bicyclic) bond motifs is 1. The number of amides is 1. The summed E-state index contributed by atoms with van der Waals surface area (Å²) >= 11 is 12.3. The number of halogens is 4. The van der Waals surface area contributed by atoms with Crippen molar-refractivity contribution >= 4 is 41.3 Å². The second-order valence-electron chi connectivity index (χ2n) is 6.54. The summed E-state index contributed by atoms with van der Waals surface area (Å²) in [6.45, 7) is -0.551. The fourth-order valence-electron chi connectivity index (χ4n) is 3.24. The molecule has 8 heteroatoms. The van der Waals surface area contributed by atoms with Crippen LogP contribution in [0.15, 0.2) is 48.5 Å². The molecule has 0 atom stereocenters. The van der Waals surface area contributed by atoms with Crippen LogP contribution >= 0.6 is 23.2 Å². The van der Waals surface area contributed by atoms with Crippen LogP contribution < -0.4 is 0 Å². The maximum Gasteiger partial charge on any atom is 0.275 e. The summed E-state index contributed by atoms with van der Waals surface area (Å²) in [5.74, 6) is -0.507. The van der Waals surface area contributed by atoms with E-state index in [4.69, 9.17) is 23.2 Å². The number of alkyl halides is 2. The zero-order valence-corrected chi connectivity index (χ0v) is 16.5. The largest absolute Gasteiger partial charge is 0.327 e. The van der Waals surface area contributed by atoms with Crippen LogP contribution in [0.25, 0.3) is 17.8 Å². The van der Waals surface area contributed by atoms with E-state index in [1.54, 1.807) is 41.1 Å². The fraction of sp³-hybridized carbons (Fsp3) is 0.143. The number of nitrogens with zero attached hydrogens (tertiary/aromatic N) is 3. The van der Waals surface area contributed by atoms with Gasteiger partial charge in [0, 0.05) is 10.6 Å². The smallest absolute Gasteiger partial charge is 0.275 e. The van der Waals surface area contributed by atoms with Gasteiger partial charge in [0.1, 0.15) is 0 Å². The molecule has 0 aliphatic carbocycles. The lowest BCUT2D eigenvalue weighted by atomic mass is 10.1. The monoisotopic (exact) mass is 433 g/mol. The van der Waals surface area contributed by atoms with E-state index in [-0.39, 0.29) is 12.2 Å². The minimum absolute atomic E-state index is 0.0727. The van der Waals surface area contributed by atoms with E-state index in [1.807, 2.05) is 24.3 Å². The molecule has 3 aromatic rings. The Morgan fingerprint density at radius 1 is 1.07 bits per heavy atom. The molecule has 0 radical (unpaired) electrons. The van der Waals surface area contributed by atoms with Crippen molar-refractivity contribution < 1.29 is 13.6 Å². The molecular formula is C21H15Cl2F2N3O. The zero-order chi connectivity index (χ0) is 20.5. The van der Waals surface area contributed by atoms with E-state index in [1.165, 1.54) is 0 Å². The van der Waals surface area contributed by atoms with E-state index >= 15 is 0 Å². The molecule has 0 saturated carbocycles. The van der Waals surface area contributed by atoms with Crippen LogP contribution in [0.4, 0.5) is 8.78 Å². The van der Waals surface area contributed by atoms with Gasteiger partial charge in [-0.15, -0.1) is 0 Å². The van der Waals surface area contributed by atoms with Crippen LogP contribution in [-0.4, -0.2) is 33.6 Å². The van der Waals surface area contributed by atoms with Gasteiger partial charge in [-0.05, 0) is 35.9 Å². The highest BCUT2D eigenvalue weighted by atomic mass is 35.5. The highest BCUT2D eigenvalue weighted by Gasteiger charge is 2.35. The predicted molar refractivity (Wildman–Crippen MR) is 110 cm³/mol. The SMILES string of the molecule is O=C1c2nn(-c3ccccc3Cl)c(/C=C/c3ccc(Cl)cc3)c2CN1CC(F)F. The Hall–Kier alpha value is -2.70. The van der Waals surface area contributed by atoms with Gasteiger partial charge in [-0.1, -0.05) is 53.5 Å². The van der Waals surface area contributed by atoms with Crippen LogP contribution in [0.2, 0.25) is 10.0 Å². The van der Waals surface area contributed by atoms with Gasteiger partial charge in [-0.25, -0.2) is 13.5 Å². The summed E-state index contributed by atoms with van der Waals surface area (Å²) in [6.07, 6.45) is 1.05. The molecule has 2 heterocycles. The number of hydrogen-bond donors (Lipinski definition) is 0. The Bertz CT molecular complexity index is 1090. The van der Waals surface area contributed by atoms with Gasteiger partial charge in [0.15, 0.2) is 5.69 Å². The molecule has 0 saturated heterocycles. The lowest BCUT2D eigenvalue weighted by Gasteiger charge is -2.16. The number of benzene rings is 2. The molecule has 1 aromatic heterocycles. The molecule has 0 unspecified atom stereocenters. The fourth-order valence-corrected chi connectivity index (χ4v) is 3.59.